The van der Waals surface area contributed by atoms with Crippen LogP contribution in [0.3, 0.4) is 0 Å². The van der Waals surface area contributed by atoms with Crippen LogP contribution in [-0.2, 0) is 16.0 Å². The summed E-state index contributed by atoms with van der Waals surface area (Å²) in [5.41, 5.74) is 2.20. The highest BCUT2D eigenvalue weighted by atomic mass is 16.6. The average molecular weight is 349 g/mol. The van der Waals surface area contributed by atoms with Crippen molar-refractivity contribution in [3.8, 4) is 0 Å². The molecule has 7 nitrogen and oxygen atoms in total. The molecule has 0 aromatic heterocycles. The highest BCUT2D eigenvalue weighted by Crippen LogP contribution is 2.30. The quantitative estimate of drug-likeness (QED) is 0.730. The van der Waals surface area contributed by atoms with Gasteiger partial charge in [0, 0.05) is 31.0 Å². The smallest absolute Gasteiger partial charge is 0.407 e. The first-order chi connectivity index (χ1) is 11.7. The summed E-state index contributed by atoms with van der Waals surface area (Å²) in [6.45, 7) is 8.32. The monoisotopic (exact) mass is 349 g/mol. The predicted molar refractivity (Wildman–Crippen MR) is 96.9 cm³/mol. The molecule has 1 heterocycles. The van der Waals surface area contributed by atoms with Crippen molar-refractivity contribution in [1.29, 1.82) is 0 Å². The van der Waals surface area contributed by atoms with Crippen LogP contribution < -0.4 is 15.5 Å². The first-order valence-electron chi connectivity index (χ1n) is 8.51. The van der Waals surface area contributed by atoms with Crippen LogP contribution in [0.5, 0.6) is 0 Å². The number of aliphatic hydroxyl groups excluding tert-OH is 1. The number of amides is 2. The van der Waals surface area contributed by atoms with Crippen LogP contribution in [0.2, 0.25) is 0 Å². The second kappa shape index (κ2) is 7.74. The largest absolute Gasteiger partial charge is 0.444 e. The van der Waals surface area contributed by atoms with Crippen molar-refractivity contribution in [1.82, 2.24) is 5.32 Å². The summed E-state index contributed by atoms with van der Waals surface area (Å²) in [5, 5.41) is 15.6. The Hall–Kier alpha value is -2.28. The minimum Gasteiger partial charge on any atom is -0.444 e. The summed E-state index contributed by atoms with van der Waals surface area (Å²) in [6, 6.07) is 5.72. The third kappa shape index (κ3) is 5.35. The number of hydrogen-bond donors (Lipinski definition) is 3. The SMILES string of the molecule is CCN1C(=O)Cc2cc(NC[C@@H](O)CNC(=O)OC(C)(C)C)ccc21. The highest BCUT2D eigenvalue weighted by Gasteiger charge is 2.25. The van der Waals surface area contributed by atoms with Gasteiger partial charge in [-0.1, -0.05) is 0 Å². The molecule has 138 valence electrons. The number of likely N-dealkylation sites (N-methyl/N-ethyl adjacent to an activating group) is 1. The number of fused-ring (bicyclic) bond motifs is 1. The maximum atomic E-state index is 11.9. The number of hydrogen-bond acceptors (Lipinski definition) is 5. The minimum absolute atomic E-state index is 0.0922. The van der Waals surface area contributed by atoms with Crippen molar-refractivity contribution in [2.45, 2.75) is 45.8 Å². The van der Waals surface area contributed by atoms with Crippen molar-refractivity contribution < 1.29 is 19.4 Å². The molecule has 7 heteroatoms. The third-order valence-electron chi connectivity index (χ3n) is 3.75. The zero-order chi connectivity index (χ0) is 18.6. The predicted octanol–water partition coefficient (Wildman–Crippen LogP) is 1.89. The van der Waals surface area contributed by atoms with E-state index in [1.54, 1.807) is 25.7 Å². The number of anilines is 2. The maximum Gasteiger partial charge on any atom is 0.407 e. The van der Waals surface area contributed by atoms with Crippen molar-refractivity contribution >= 4 is 23.4 Å². The number of rotatable bonds is 6. The van der Waals surface area contributed by atoms with E-state index >= 15 is 0 Å². The highest BCUT2D eigenvalue weighted by molar-refractivity contribution is 6.01. The molecular weight excluding hydrogens is 322 g/mol. The second-order valence-corrected chi connectivity index (χ2v) is 7.08. The Morgan fingerprint density at radius 3 is 2.72 bits per heavy atom. The second-order valence-electron chi connectivity index (χ2n) is 7.08. The van der Waals surface area contributed by atoms with Crippen LogP contribution in [0.25, 0.3) is 0 Å². The van der Waals surface area contributed by atoms with E-state index in [4.69, 9.17) is 4.74 Å². The number of benzene rings is 1. The summed E-state index contributed by atoms with van der Waals surface area (Å²) in [4.78, 5) is 25.2. The van der Waals surface area contributed by atoms with Crippen LogP contribution in [-0.4, -0.2) is 48.4 Å². The molecule has 1 atom stereocenters. The van der Waals surface area contributed by atoms with Gasteiger partial charge in [0.1, 0.15) is 5.60 Å². The molecular formula is C18H27N3O4. The van der Waals surface area contributed by atoms with Crippen LogP contribution >= 0.6 is 0 Å². The summed E-state index contributed by atoms with van der Waals surface area (Å²) >= 11 is 0. The Balaban J connectivity index is 1.81. The minimum atomic E-state index is -0.755. The van der Waals surface area contributed by atoms with Crippen LogP contribution in [0.1, 0.15) is 33.3 Å². The molecule has 0 saturated heterocycles. The lowest BCUT2D eigenvalue weighted by Crippen LogP contribution is -2.39. The Morgan fingerprint density at radius 1 is 1.36 bits per heavy atom. The van der Waals surface area contributed by atoms with Gasteiger partial charge in [-0.2, -0.15) is 0 Å². The zero-order valence-electron chi connectivity index (χ0n) is 15.3. The van der Waals surface area contributed by atoms with Crippen molar-refractivity contribution in [2.24, 2.45) is 0 Å². The fourth-order valence-electron chi connectivity index (χ4n) is 2.66. The summed E-state index contributed by atoms with van der Waals surface area (Å²) < 4.78 is 5.11. The van der Waals surface area contributed by atoms with Gasteiger partial charge in [0.05, 0.1) is 12.5 Å². The summed E-state index contributed by atoms with van der Waals surface area (Å²) in [5.74, 6) is 0.108. The van der Waals surface area contributed by atoms with Gasteiger partial charge in [-0.3, -0.25) is 4.79 Å². The summed E-state index contributed by atoms with van der Waals surface area (Å²) in [7, 11) is 0. The maximum absolute atomic E-state index is 11.9. The van der Waals surface area contributed by atoms with E-state index in [0.29, 0.717) is 13.0 Å². The molecule has 2 rings (SSSR count). The summed E-state index contributed by atoms with van der Waals surface area (Å²) in [6.07, 6.45) is -0.904. The molecule has 1 aliphatic rings. The first kappa shape index (κ1) is 19.1. The van der Waals surface area contributed by atoms with Gasteiger partial charge in [0.15, 0.2) is 0 Å². The van der Waals surface area contributed by atoms with Gasteiger partial charge in [-0.05, 0) is 51.5 Å². The molecule has 1 aromatic carbocycles. The Kier molecular flexibility index (Phi) is 5.89. The van der Waals surface area contributed by atoms with Crippen molar-refractivity contribution in [2.75, 3.05) is 29.9 Å². The van der Waals surface area contributed by atoms with Crippen LogP contribution in [0.4, 0.5) is 16.2 Å². The van der Waals surface area contributed by atoms with E-state index in [-0.39, 0.29) is 19.0 Å². The molecule has 2 amide bonds. The Bertz CT molecular complexity index is 640. The number of nitrogens with one attached hydrogen (secondary N) is 2. The van der Waals surface area contributed by atoms with Gasteiger partial charge in [-0.15, -0.1) is 0 Å². The van der Waals surface area contributed by atoms with Gasteiger partial charge < -0.3 is 25.4 Å². The molecule has 0 aliphatic carbocycles. The number of carbonyl (C=O) groups excluding carboxylic acids is 2. The van der Waals surface area contributed by atoms with Gasteiger partial charge in [0.2, 0.25) is 5.91 Å². The molecule has 0 unspecified atom stereocenters. The van der Waals surface area contributed by atoms with E-state index in [1.807, 2.05) is 25.1 Å². The molecule has 0 spiro atoms. The standard InChI is InChI=1S/C18H27N3O4/c1-5-21-15-7-6-13(8-12(15)9-16(21)23)19-10-14(22)11-20-17(24)25-18(2,3)4/h6-8,14,19,22H,5,9-11H2,1-4H3,(H,20,24)/t14-/m1/s1. The Labute approximate surface area is 148 Å². The molecule has 1 aliphatic heterocycles. The number of nitrogens with zero attached hydrogens (tertiary/aromatic N) is 1. The molecule has 25 heavy (non-hydrogen) atoms. The van der Waals surface area contributed by atoms with Crippen molar-refractivity contribution in [3.63, 3.8) is 0 Å². The van der Waals surface area contributed by atoms with E-state index in [0.717, 1.165) is 16.9 Å². The average Bonchev–Trinajstić information content (AvgIpc) is 2.83. The number of alkyl carbamates (subject to hydrolysis) is 1. The number of carbonyl (C=O) groups is 2. The molecule has 0 radical (unpaired) electrons. The van der Waals surface area contributed by atoms with E-state index < -0.39 is 17.8 Å². The fourth-order valence-corrected chi connectivity index (χ4v) is 2.66. The van der Waals surface area contributed by atoms with E-state index in [2.05, 4.69) is 10.6 Å². The zero-order valence-corrected chi connectivity index (χ0v) is 15.3. The lowest BCUT2D eigenvalue weighted by molar-refractivity contribution is -0.117. The topological polar surface area (TPSA) is 90.9 Å². The fraction of sp³-hybridized carbons (Fsp3) is 0.556. The Morgan fingerprint density at radius 2 is 2.08 bits per heavy atom. The van der Waals surface area contributed by atoms with Crippen molar-refractivity contribution in [3.05, 3.63) is 23.8 Å². The van der Waals surface area contributed by atoms with Gasteiger partial charge >= 0.3 is 6.09 Å². The third-order valence-corrected chi connectivity index (χ3v) is 3.75. The molecule has 0 bridgehead atoms. The van der Waals surface area contributed by atoms with Gasteiger partial charge in [-0.25, -0.2) is 4.79 Å². The molecule has 0 fully saturated rings. The van der Waals surface area contributed by atoms with E-state index in [1.165, 1.54) is 0 Å². The number of aliphatic hydroxyl groups is 1. The normalized spacial score (nSPS) is 14.9. The lowest BCUT2D eigenvalue weighted by Gasteiger charge is -2.21. The molecule has 3 N–H and O–H groups in total. The van der Waals surface area contributed by atoms with Crippen LogP contribution in [0.15, 0.2) is 18.2 Å². The van der Waals surface area contributed by atoms with Gasteiger partial charge in [0.25, 0.3) is 0 Å². The molecule has 0 saturated carbocycles. The first-order valence-corrected chi connectivity index (χ1v) is 8.51. The lowest BCUT2D eigenvalue weighted by atomic mass is 10.1. The van der Waals surface area contributed by atoms with E-state index in [9.17, 15) is 14.7 Å². The number of ether oxygens (including phenoxy) is 1. The molecule has 1 aromatic rings. The van der Waals surface area contributed by atoms with Crippen LogP contribution in [0, 0.1) is 0 Å².